The van der Waals surface area contributed by atoms with Crippen LogP contribution in [0.2, 0.25) is 0 Å². The Morgan fingerprint density at radius 2 is 2.06 bits per heavy atom. The van der Waals surface area contributed by atoms with E-state index in [9.17, 15) is 5.11 Å². The number of pyridine rings is 1. The Labute approximate surface area is 199 Å². The van der Waals surface area contributed by atoms with Crippen LogP contribution in [0.4, 0.5) is 5.82 Å². The van der Waals surface area contributed by atoms with Gasteiger partial charge >= 0.3 is 0 Å². The summed E-state index contributed by atoms with van der Waals surface area (Å²) in [6.07, 6.45) is 8.40. The van der Waals surface area contributed by atoms with Gasteiger partial charge in [-0.2, -0.15) is 0 Å². The van der Waals surface area contributed by atoms with Crippen LogP contribution in [-0.4, -0.2) is 48.2 Å². The van der Waals surface area contributed by atoms with Gasteiger partial charge in [-0.15, -0.1) is 0 Å². The first-order valence-electron chi connectivity index (χ1n) is 11.9. The van der Waals surface area contributed by atoms with E-state index in [1.165, 1.54) is 19.3 Å². The van der Waals surface area contributed by atoms with Crippen molar-refractivity contribution in [3.05, 3.63) is 11.9 Å². The number of hydrogen-bond acceptors (Lipinski definition) is 9. The van der Waals surface area contributed by atoms with Crippen LogP contribution in [0.5, 0.6) is 5.75 Å². The van der Waals surface area contributed by atoms with Gasteiger partial charge in [0.05, 0.1) is 6.20 Å². The number of nitrogens with zero attached hydrogens (tertiary/aromatic N) is 5. The van der Waals surface area contributed by atoms with Crippen LogP contribution in [0.3, 0.4) is 0 Å². The number of rotatable bonds is 7. The number of aliphatic hydroxyl groups is 1. The molecule has 1 unspecified atom stereocenters. The number of imidazole rings is 1. The molecule has 10 nitrogen and oxygen atoms in total. The minimum absolute atomic E-state index is 0.00829. The van der Waals surface area contributed by atoms with Crippen LogP contribution in [0.1, 0.15) is 65.0 Å². The predicted octanol–water partition coefficient (Wildman–Crippen LogP) is 2.88. The highest BCUT2D eigenvalue weighted by Crippen LogP contribution is 2.36. The molecule has 0 bridgehead atoms. The fraction of sp³-hybridized carbons (Fsp3) is 0.583. The molecular formula is C24H33N7O3. The molecule has 3 aromatic rings. The average Bonchev–Trinajstić information content (AvgIpc) is 3.41. The summed E-state index contributed by atoms with van der Waals surface area (Å²) in [5.41, 5.74) is 12.8. The van der Waals surface area contributed by atoms with Crippen molar-refractivity contribution < 1.29 is 14.5 Å². The van der Waals surface area contributed by atoms with E-state index in [0.29, 0.717) is 47.5 Å². The van der Waals surface area contributed by atoms with E-state index in [1.807, 2.05) is 11.5 Å². The van der Waals surface area contributed by atoms with Gasteiger partial charge in [-0.25, -0.2) is 14.6 Å². The maximum absolute atomic E-state index is 10.1. The fourth-order valence-corrected chi connectivity index (χ4v) is 4.57. The van der Waals surface area contributed by atoms with Gasteiger partial charge in [0, 0.05) is 6.54 Å². The van der Waals surface area contributed by atoms with E-state index >= 15 is 0 Å². The lowest BCUT2D eigenvalue weighted by atomic mass is 9.84. The number of hydrogen-bond donors (Lipinski definition) is 3. The van der Waals surface area contributed by atoms with E-state index in [0.717, 1.165) is 24.8 Å². The molecule has 1 aliphatic rings. The second-order valence-electron chi connectivity index (χ2n) is 9.29. The quantitative estimate of drug-likeness (QED) is 0.445. The van der Waals surface area contributed by atoms with Crippen molar-refractivity contribution in [2.45, 2.75) is 77.5 Å². The van der Waals surface area contributed by atoms with E-state index < -0.39 is 5.60 Å². The summed E-state index contributed by atoms with van der Waals surface area (Å²) in [7, 11) is 0. The molecule has 10 heteroatoms. The number of ether oxygens (including phenoxy) is 1. The first-order valence-corrected chi connectivity index (χ1v) is 11.9. The lowest BCUT2D eigenvalue weighted by Crippen LogP contribution is -2.31. The molecule has 0 aliphatic heterocycles. The van der Waals surface area contributed by atoms with Gasteiger partial charge in [0.25, 0.3) is 0 Å². The third-order valence-electron chi connectivity index (χ3n) is 6.17. The average molecular weight is 468 g/mol. The zero-order valence-corrected chi connectivity index (χ0v) is 20.0. The molecule has 0 spiro atoms. The van der Waals surface area contributed by atoms with Crippen molar-refractivity contribution in [2.75, 3.05) is 12.3 Å². The summed E-state index contributed by atoms with van der Waals surface area (Å²) < 4.78 is 13.4. The second kappa shape index (κ2) is 9.99. The van der Waals surface area contributed by atoms with Crippen LogP contribution in [-0.2, 0) is 6.54 Å². The van der Waals surface area contributed by atoms with Gasteiger partial charge in [-0.3, -0.25) is 0 Å². The summed E-state index contributed by atoms with van der Waals surface area (Å²) in [5.74, 6) is 7.50. The molecule has 5 N–H and O–H groups in total. The lowest BCUT2D eigenvalue weighted by Gasteiger charge is -2.30. The summed E-state index contributed by atoms with van der Waals surface area (Å²) in [4.78, 5) is 9.34. The minimum Gasteiger partial charge on any atom is -0.486 e. The monoisotopic (exact) mass is 467 g/mol. The van der Waals surface area contributed by atoms with Crippen LogP contribution in [0.15, 0.2) is 10.8 Å². The van der Waals surface area contributed by atoms with E-state index in [1.54, 1.807) is 20.0 Å². The molecule has 0 aromatic carbocycles. The van der Waals surface area contributed by atoms with Crippen molar-refractivity contribution in [1.82, 2.24) is 24.8 Å². The Bertz CT molecular complexity index is 1190. The Morgan fingerprint density at radius 1 is 1.29 bits per heavy atom. The molecule has 1 fully saturated rings. The Morgan fingerprint density at radius 3 is 2.68 bits per heavy atom. The summed E-state index contributed by atoms with van der Waals surface area (Å²) in [5, 5.41) is 17.8. The Hall–Kier alpha value is -3.16. The molecule has 1 aliphatic carbocycles. The third-order valence-corrected chi connectivity index (χ3v) is 6.17. The topological polar surface area (TPSA) is 151 Å². The molecule has 0 radical (unpaired) electrons. The van der Waals surface area contributed by atoms with Gasteiger partial charge in [-0.1, -0.05) is 25.2 Å². The van der Waals surface area contributed by atoms with E-state index in [4.69, 9.17) is 25.8 Å². The van der Waals surface area contributed by atoms with Crippen molar-refractivity contribution in [1.29, 1.82) is 0 Å². The highest BCUT2D eigenvalue weighted by atomic mass is 16.6. The smallest absolute Gasteiger partial charge is 0.199 e. The Balaban J connectivity index is 1.87. The van der Waals surface area contributed by atoms with Crippen molar-refractivity contribution in [3.63, 3.8) is 0 Å². The highest BCUT2D eigenvalue weighted by molar-refractivity contribution is 5.89. The van der Waals surface area contributed by atoms with Crippen LogP contribution in [0, 0.1) is 17.8 Å². The first kappa shape index (κ1) is 24.0. The molecule has 34 heavy (non-hydrogen) atoms. The molecule has 0 saturated heterocycles. The zero-order valence-electron chi connectivity index (χ0n) is 20.0. The SMILES string of the molecule is CCn1c(-c2nonc2N)nc2c(C#CC(C)(C)O)ncc(OC(CCN)C3CCCCC3)c21. The van der Waals surface area contributed by atoms with E-state index in [2.05, 4.69) is 27.1 Å². The number of fused-ring (bicyclic) bond motifs is 1. The van der Waals surface area contributed by atoms with Crippen molar-refractivity contribution in [3.8, 4) is 29.1 Å². The molecule has 3 heterocycles. The number of aryl methyl sites for hydroxylation is 1. The number of anilines is 1. The lowest BCUT2D eigenvalue weighted by molar-refractivity contribution is 0.102. The fourth-order valence-electron chi connectivity index (χ4n) is 4.57. The van der Waals surface area contributed by atoms with Gasteiger partial charge in [0.15, 0.2) is 23.1 Å². The van der Waals surface area contributed by atoms with Gasteiger partial charge in [0.2, 0.25) is 0 Å². The second-order valence-corrected chi connectivity index (χ2v) is 9.29. The Kier molecular flexibility index (Phi) is 7.05. The molecule has 1 saturated carbocycles. The molecular weight excluding hydrogens is 434 g/mol. The molecule has 4 rings (SSSR count). The summed E-state index contributed by atoms with van der Waals surface area (Å²) in [6.45, 7) is 6.36. The number of nitrogen functional groups attached to an aromatic ring is 1. The molecule has 0 amide bonds. The minimum atomic E-state index is -1.17. The number of aromatic nitrogens is 5. The number of nitrogens with two attached hydrogens (primary N) is 2. The van der Waals surface area contributed by atoms with Gasteiger partial charge in [0.1, 0.15) is 28.4 Å². The standard InChI is InChI=1S/C24H33N7O3/c1-4-31-21-18(33-17(11-13-25)15-8-6-5-7-9-15)14-27-16(10-12-24(2,3)32)19(21)28-23(31)20-22(26)30-34-29-20/h14-15,17,32H,4-9,11,13,25H2,1-3H3,(H2,26,30). The summed E-state index contributed by atoms with van der Waals surface area (Å²) in [6, 6.07) is 0. The van der Waals surface area contributed by atoms with Gasteiger partial charge in [-0.05, 0) is 68.7 Å². The van der Waals surface area contributed by atoms with Crippen molar-refractivity contribution >= 4 is 16.9 Å². The van der Waals surface area contributed by atoms with Crippen LogP contribution in [0.25, 0.3) is 22.6 Å². The highest BCUT2D eigenvalue weighted by Gasteiger charge is 2.28. The maximum atomic E-state index is 10.1. The van der Waals surface area contributed by atoms with Crippen LogP contribution >= 0.6 is 0 Å². The summed E-state index contributed by atoms with van der Waals surface area (Å²) >= 11 is 0. The maximum Gasteiger partial charge on any atom is 0.199 e. The molecule has 3 aromatic heterocycles. The normalized spacial score (nSPS) is 15.8. The van der Waals surface area contributed by atoms with Gasteiger partial charge < -0.3 is 25.9 Å². The largest absolute Gasteiger partial charge is 0.486 e. The first-order chi connectivity index (χ1) is 16.3. The van der Waals surface area contributed by atoms with Crippen LogP contribution < -0.4 is 16.2 Å². The predicted molar refractivity (Wildman–Crippen MR) is 129 cm³/mol. The van der Waals surface area contributed by atoms with Crippen molar-refractivity contribution in [2.24, 2.45) is 11.7 Å². The van der Waals surface area contributed by atoms with E-state index in [-0.39, 0.29) is 11.9 Å². The molecule has 182 valence electrons. The zero-order chi connectivity index (χ0) is 24.3. The molecule has 1 atom stereocenters. The third kappa shape index (κ3) is 5.00.